The molecule has 0 unspecified atom stereocenters. The van der Waals surface area contributed by atoms with E-state index in [4.69, 9.17) is 0 Å². The number of nitrogens with one attached hydrogen (secondary N) is 1. The molecule has 28 heavy (non-hydrogen) atoms. The Morgan fingerprint density at radius 1 is 0.857 bits per heavy atom. The van der Waals surface area contributed by atoms with Gasteiger partial charge in [0.2, 0.25) is 5.88 Å². The highest BCUT2D eigenvalue weighted by molar-refractivity contribution is 7.90. The monoisotopic (exact) mass is 391 g/mol. The lowest BCUT2D eigenvalue weighted by atomic mass is 10.0. The number of benzene rings is 3. The molecule has 0 fully saturated rings. The maximum absolute atomic E-state index is 11.5. The quantitative estimate of drug-likeness (QED) is 0.459. The van der Waals surface area contributed by atoms with Crippen molar-refractivity contribution in [3.05, 3.63) is 72.8 Å². The van der Waals surface area contributed by atoms with Gasteiger partial charge in [0, 0.05) is 11.6 Å². The smallest absolute Gasteiger partial charge is 0.218 e. The van der Waals surface area contributed by atoms with Crippen molar-refractivity contribution in [2.24, 2.45) is 10.2 Å². The minimum Gasteiger partial charge on any atom is -0.493 e. The second kappa shape index (κ2) is 6.94. The number of H-pyrrole nitrogens is 1. The van der Waals surface area contributed by atoms with Crippen molar-refractivity contribution in [2.75, 3.05) is 6.26 Å². The first-order valence-electron chi connectivity index (χ1n) is 8.54. The van der Waals surface area contributed by atoms with E-state index in [1.807, 2.05) is 48.5 Å². The summed E-state index contributed by atoms with van der Waals surface area (Å²) in [6.45, 7) is 0. The van der Waals surface area contributed by atoms with Crippen LogP contribution in [0.1, 0.15) is 0 Å². The Balaban J connectivity index is 1.72. The molecule has 0 saturated carbocycles. The third-order valence-corrected chi connectivity index (χ3v) is 5.52. The van der Waals surface area contributed by atoms with Crippen molar-refractivity contribution >= 4 is 32.1 Å². The Labute approximate surface area is 162 Å². The van der Waals surface area contributed by atoms with Gasteiger partial charge in [0.25, 0.3) is 0 Å². The second-order valence-corrected chi connectivity index (χ2v) is 8.43. The van der Waals surface area contributed by atoms with Crippen LogP contribution >= 0.6 is 0 Å². The predicted octanol–water partition coefficient (Wildman–Crippen LogP) is 5.36. The number of aromatic amines is 1. The number of rotatable bonds is 4. The Morgan fingerprint density at radius 2 is 1.57 bits per heavy atom. The van der Waals surface area contributed by atoms with Crippen molar-refractivity contribution < 1.29 is 13.5 Å². The molecule has 1 aromatic heterocycles. The van der Waals surface area contributed by atoms with Crippen LogP contribution in [0.25, 0.3) is 22.0 Å². The van der Waals surface area contributed by atoms with Crippen LogP contribution in [0.3, 0.4) is 0 Å². The number of fused-ring (bicyclic) bond motifs is 1. The molecule has 0 radical (unpaired) electrons. The van der Waals surface area contributed by atoms with Gasteiger partial charge in [-0.25, -0.2) is 8.42 Å². The van der Waals surface area contributed by atoms with Crippen LogP contribution in [-0.4, -0.2) is 24.8 Å². The topological polar surface area (TPSA) is 94.9 Å². The van der Waals surface area contributed by atoms with E-state index in [1.54, 1.807) is 12.1 Å². The Kier molecular flexibility index (Phi) is 4.44. The van der Waals surface area contributed by atoms with Gasteiger partial charge >= 0.3 is 0 Å². The van der Waals surface area contributed by atoms with E-state index in [0.29, 0.717) is 11.4 Å². The first-order chi connectivity index (χ1) is 13.4. The summed E-state index contributed by atoms with van der Waals surface area (Å²) >= 11 is 0. The molecule has 0 atom stereocenters. The maximum atomic E-state index is 11.5. The highest BCUT2D eigenvalue weighted by Gasteiger charge is 2.12. The van der Waals surface area contributed by atoms with Crippen LogP contribution in [0.15, 0.2) is 87.9 Å². The number of nitrogens with zero attached hydrogens (tertiary/aromatic N) is 2. The highest BCUT2D eigenvalue weighted by atomic mass is 32.2. The molecule has 0 bridgehead atoms. The summed E-state index contributed by atoms with van der Waals surface area (Å²) < 4.78 is 23.1. The van der Waals surface area contributed by atoms with E-state index in [9.17, 15) is 13.5 Å². The molecule has 0 amide bonds. The zero-order chi connectivity index (χ0) is 19.7. The molecule has 0 aliphatic heterocycles. The molecule has 2 N–H and O–H groups in total. The third-order valence-electron chi connectivity index (χ3n) is 4.39. The van der Waals surface area contributed by atoms with Crippen molar-refractivity contribution in [1.29, 1.82) is 0 Å². The molecule has 3 aromatic carbocycles. The summed E-state index contributed by atoms with van der Waals surface area (Å²) in [6, 6.07) is 21.8. The number of hydrogen-bond donors (Lipinski definition) is 2. The van der Waals surface area contributed by atoms with Crippen LogP contribution in [0, 0.1) is 0 Å². The minimum absolute atomic E-state index is 0.0725. The number of aromatic nitrogens is 1. The fraction of sp³-hybridized carbons (Fsp3) is 0.0476. The molecule has 0 spiro atoms. The van der Waals surface area contributed by atoms with Gasteiger partial charge in [0.1, 0.15) is 0 Å². The van der Waals surface area contributed by atoms with E-state index in [0.717, 1.165) is 28.3 Å². The molecular weight excluding hydrogens is 374 g/mol. The Bertz CT molecular complexity index is 1280. The molecule has 140 valence electrons. The summed E-state index contributed by atoms with van der Waals surface area (Å²) in [4.78, 5) is 3.11. The number of sulfone groups is 1. The van der Waals surface area contributed by atoms with Crippen LogP contribution in [0.4, 0.5) is 11.4 Å². The molecule has 4 rings (SSSR count). The lowest BCUT2D eigenvalue weighted by Crippen LogP contribution is -1.95. The van der Waals surface area contributed by atoms with E-state index >= 15 is 0 Å². The second-order valence-electron chi connectivity index (χ2n) is 6.41. The SMILES string of the molecule is CS(=O)(=O)c1ccc(N=Nc2c(O)[nH]c3ccc(-c4ccccc4)cc23)cc1. The molecular formula is C21H17N3O3S. The maximum Gasteiger partial charge on any atom is 0.218 e. The van der Waals surface area contributed by atoms with Crippen molar-refractivity contribution in [3.8, 4) is 17.0 Å². The Morgan fingerprint density at radius 3 is 2.25 bits per heavy atom. The van der Waals surface area contributed by atoms with E-state index in [2.05, 4.69) is 15.2 Å². The van der Waals surface area contributed by atoms with Gasteiger partial charge in [0.15, 0.2) is 15.5 Å². The Hall–Kier alpha value is -3.45. The van der Waals surface area contributed by atoms with E-state index < -0.39 is 9.84 Å². The van der Waals surface area contributed by atoms with Gasteiger partial charge < -0.3 is 10.1 Å². The predicted molar refractivity (Wildman–Crippen MR) is 109 cm³/mol. The van der Waals surface area contributed by atoms with Crippen molar-refractivity contribution in [3.63, 3.8) is 0 Å². The lowest BCUT2D eigenvalue weighted by Gasteiger charge is -2.02. The third kappa shape index (κ3) is 3.52. The zero-order valence-corrected chi connectivity index (χ0v) is 15.8. The fourth-order valence-corrected chi connectivity index (χ4v) is 3.57. The summed E-state index contributed by atoms with van der Waals surface area (Å²) in [7, 11) is -3.26. The van der Waals surface area contributed by atoms with Gasteiger partial charge in [-0.05, 0) is 47.5 Å². The van der Waals surface area contributed by atoms with Crippen LogP contribution in [0.2, 0.25) is 0 Å². The summed E-state index contributed by atoms with van der Waals surface area (Å²) in [5, 5.41) is 19.3. The van der Waals surface area contributed by atoms with Crippen molar-refractivity contribution in [1.82, 2.24) is 4.98 Å². The van der Waals surface area contributed by atoms with Gasteiger partial charge in [0.05, 0.1) is 16.1 Å². The van der Waals surface area contributed by atoms with Gasteiger partial charge in [-0.3, -0.25) is 0 Å². The van der Waals surface area contributed by atoms with E-state index in [-0.39, 0.29) is 10.8 Å². The molecule has 4 aromatic rings. The molecule has 0 saturated heterocycles. The van der Waals surface area contributed by atoms with Gasteiger partial charge in [-0.2, -0.15) is 5.11 Å². The highest BCUT2D eigenvalue weighted by Crippen LogP contribution is 2.38. The molecule has 0 aliphatic rings. The fourth-order valence-electron chi connectivity index (χ4n) is 2.94. The molecule has 7 heteroatoms. The first-order valence-corrected chi connectivity index (χ1v) is 10.4. The normalized spacial score (nSPS) is 12.0. The van der Waals surface area contributed by atoms with Crippen LogP contribution in [0.5, 0.6) is 5.88 Å². The number of aromatic hydroxyl groups is 1. The largest absolute Gasteiger partial charge is 0.493 e. The molecule has 6 nitrogen and oxygen atoms in total. The summed E-state index contributed by atoms with van der Waals surface area (Å²) in [5.74, 6) is -0.0725. The lowest BCUT2D eigenvalue weighted by molar-refractivity contribution is 0.459. The van der Waals surface area contributed by atoms with Gasteiger partial charge in [-0.15, -0.1) is 5.11 Å². The summed E-state index contributed by atoms with van der Waals surface area (Å²) in [6.07, 6.45) is 1.15. The number of hydrogen-bond acceptors (Lipinski definition) is 5. The number of azo groups is 1. The molecule has 0 aliphatic carbocycles. The van der Waals surface area contributed by atoms with Crippen molar-refractivity contribution in [2.45, 2.75) is 4.90 Å². The van der Waals surface area contributed by atoms with Gasteiger partial charge in [-0.1, -0.05) is 36.4 Å². The minimum atomic E-state index is -3.26. The zero-order valence-electron chi connectivity index (χ0n) is 15.0. The van der Waals surface area contributed by atoms with E-state index in [1.165, 1.54) is 12.1 Å². The molecule has 1 heterocycles. The first kappa shape index (κ1) is 17.9. The standard InChI is InChI=1S/C21H17N3O3S/c1-28(26,27)17-10-8-16(9-11-17)23-24-20-18-13-15(14-5-3-2-4-6-14)7-12-19(18)22-21(20)25/h2-13,22,25H,1H3. The summed E-state index contributed by atoms with van der Waals surface area (Å²) in [5.41, 5.74) is 3.63. The average molecular weight is 391 g/mol. The average Bonchev–Trinajstić information content (AvgIpc) is 3.01. The van der Waals surface area contributed by atoms with Crippen LogP contribution < -0.4 is 0 Å². The van der Waals surface area contributed by atoms with Crippen LogP contribution in [-0.2, 0) is 9.84 Å².